The lowest BCUT2D eigenvalue weighted by atomic mass is 10.2. The van der Waals surface area contributed by atoms with Gasteiger partial charge >= 0.3 is 0 Å². The average molecular weight is 391 g/mol. The first-order valence-corrected chi connectivity index (χ1v) is 8.98. The first kappa shape index (κ1) is 15.4. The number of rotatable bonds is 4. The van der Waals surface area contributed by atoms with E-state index in [2.05, 4.69) is 15.9 Å². The Morgan fingerprint density at radius 3 is 2.35 bits per heavy atom. The second-order valence-electron chi connectivity index (χ2n) is 3.94. The van der Waals surface area contributed by atoms with Crippen molar-refractivity contribution in [2.75, 3.05) is 11.4 Å². The molecule has 0 unspecified atom stereocenters. The smallest absolute Gasteiger partial charge is 0.274 e. The summed E-state index contributed by atoms with van der Waals surface area (Å²) in [5.74, 6) is 0. The van der Waals surface area contributed by atoms with Crippen molar-refractivity contribution in [1.29, 1.82) is 0 Å². The molecule has 2 N–H and O–H groups in total. The van der Waals surface area contributed by atoms with Gasteiger partial charge in [0.2, 0.25) is 0 Å². The second kappa shape index (κ2) is 5.80. The van der Waals surface area contributed by atoms with Gasteiger partial charge < -0.3 is 5.73 Å². The summed E-state index contributed by atoms with van der Waals surface area (Å²) in [7, 11) is -2.06. The van der Waals surface area contributed by atoms with Gasteiger partial charge in [-0.2, -0.15) is 0 Å². The van der Waals surface area contributed by atoms with E-state index in [1.165, 1.54) is 22.7 Å². The van der Waals surface area contributed by atoms with Crippen molar-refractivity contribution < 1.29 is 8.42 Å². The van der Waals surface area contributed by atoms with E-state index < -0.39 is 10.0 Å². The molecular weight excluding hydrogens is 380 g/mol. The number of thiocarbonyl (C=S) groups is 1. The minimum Gasteiger partial charge on any atom is -0.389 e. The Kier molecular flexibility index (Phi) is 4.48. The molecule has 0 aliphatic rings. The largest absolute Gasteiger partial charge is 0.389 e. The second-order valence-corrected chi connectivity index (χ2v) is 8.31. The zero-order valence-corrected chi connectivity index (χ0v) is 14.4. The highest BCUT2D eigenvalue weighted by molar-refractivity contribution is 9.10. The van der Waals surface area contributed by atoms with Crippen LogP contribution in [-0.2, 0) is 10.0 Å². The lowest BCUT2D eigenvalue weighted by Crippen LogP contribution is -2.26. The molecule has 0 aliphatic carbocycles. The molecule has 1 aromatic carbocycles. The molecule has 8 heteroatoms. The highest BCUT2D eigenvalue weighted by Gasteiger charge is 2.25. The molecule has 0 spiro atoms. The standard InChI is InChI=1S/C12H11BrN2O2S3/c1-15(9-4-2-8(3-5-9)11(14)18)20(16,17)12-10(13)6-7-19-12/h2-7H,1H3,(H2,14,18). The van der Waals surface area contributed by atoms with Crippen molar-refractivity contribution in [2.45, 2.75) is 4.21 Å². The van der Waals surface area contributed by atoms with Crippen LogP contribution in [-0.4, -0.2) is 20.5 Å². The lowest BCUT2D eigenvalue weighted by Gasteiger charge is -2.19. The van der Waals surface area contributed by atoms with Crippen LogP contribution in [0, 0.1) is 0 Å². The number of nitrogens with two attached hydrogens (primary N) is 1. The van der Waals surface area contributed by atoms with Gasteiger partial charge in [-0.3, -0.25) is 4.31 Å². The highest BCUT2D eigenvalue weighted by Crippen LogP contribution is 2.31. The number of nitrogens with zero attached hydrogens (tertiary/aromatic N) is 1. The van der Waals surface area contributed by atoms with Crippen molar-refractivity contribution >= 4 is 60.2 Å². The zero-order valence-electron chi connectivity index (χ0n) is 10.4. The molecule has 1 heterocycles. The van der Waals surface area contributed by atoms with E-state index in [1.807, 2.05) is 0 Å². The molecule has 0 atom stereocenters. The Morgan fingerprint density at radius 1 is 1.30 bits per heavy atom. The fraction of sp³-hybridized carbons (Fsp3) is 0.0833. The van der Waals surface area contributed by atoms with Gasteiger partial charge in [0.15, 0.2) is 4.21 Å². The van der Waals surface area contributed by atoms with Crippen LogP contribution < -0.4 is 10.0 Å². The number of anilines is 1. The maximum absolute atomic E-state index is 12.5. The van der Waals surface area contributed by atoms with E-state index >= 15 is 0 Å². The third kappa shape index (κ3) is 2.88. The minimum atomic E-state index is -3.57. The number of hydrogen-bond donors (Lipinski definition) is 1. The molecule has 0 saturated carbocycles. The van der Waals surface area contributed by atoms with Crippen LogP contribution in [0.2, 0.25) is 0 Å². The van der Waals surface area contributed by atoms with Crippen LogP contribution in [0.15, 0.2) is 44.4 Å². The molecule has 2 rings (SSSR count). The van der Waals surface area contributed by atoms with Gasteiger partial charge in [0.05, 0.1) is 5.69 Å². The van der Waals surface area contributed by atoms with E-state index in [0.29, 0.717) is 15.7 Å². The Labute approximate surface area is 135 Å². The molecule has 1 aromatic heterocycles. The van der Waals surface area contributed by atoms with Crippen molar-refractivity contribution in [3.8, 4) is 0 Å². The van der Waals surface area contributed by atoms with E-state index in [0.717, 1.165) is 0 Å². The average Bonchev–Trinajstić information content (AvgIpc) is 2.85. The highest BCUT2D eigenvalue weighted by atomic mass is 79.9. The van der Waals surface area contributed by atoms with Crippen molar-refractivity contribution in [3.63, 3.8) is 0 Å². The van der Waals surface area contributed by atoms with Crippen molar-refractivity contribution in [3.05, 3.63) is 45.7 Å². The number of halogens is 1. The molecule has 0 fully saturated rings. The monoisotopic (exact) mass is 390 g/mol. The molecule has 2 aromatic rings. The lowest BCUT2D eigenvalue weighted by molar-refractivity contribution is 0.596. The molecule has 20 heavy (non-hydrogen) atoms. The Hall–Kier alpha value is -0.960. The summed E-state index contributed by atoms with van der Waals surface area (Å²) in [4.78, 5) is 0.281. The first-order chi connectivity index (χ1) is 9.34. The maximum Gasteiger partial charge on any atom is 0.274 e. The number of thiophene rings is 1. The Balaban J connectivity index is 2.38. The van der Waals surface area contributed by atoms with Crippen molar-refractivity contribution in [1.82, 2.24) is 0 Å². The fourth-order valence-electron chi connectivity index (χ4n) is 1.56. The summed E-state index contributed by atoms with van der Waals surface area (Å²) in [5.41, 5.74) is 6.77. The van der Waals surface area contributed by atoms with E-state index in [9.17, 15) is 8.42 Å². The number of sulfonamides is 1. The third-order valence-corrected chi connectivity index (χ3v) is 7.36. The minimum absolute atomic E-state index is 0.276. The topological polar surface area (TPSA) is 63.4 Å². The maximum atomic E-state index is 12.5. The number of hydrogen-bond acceptors (Lipinski definition) is 4. The quantitative estimate of drug-likeness (QED) is 0.814. The summed E-state index contributed by atoms with van der Waals surface area (Å²) in [5, 5.41) is 1.72. The molecular formula is C12H11BrN2O2S3. The van der Waals surface area contributed by atoms with Gasteiger partial charge in [-0.25, -0.2) is 8.42 Å². The van der Waals surface area contributed by atoms with Crippen LogP contribution in [0.4, 0.5) is 5.69 Å². The van der Waals surface area contributed by atoms with Crippen LogP contribution in [0.25, 0.3) is 0 Å². The van der Waals surface area contributed by atoms with Gasteiger partial charge in [-0.1, -0.05) is 12.2 Å². The molecule has 106 valence electrons. The van der Waals surface area contributed by atoms with Crippen LogP contribution in [0.5, 0.6) is 0 Å². The molecule has 0 bridgehead atoms. The van der Waals surface area contributed by atoms with Crippen LogP contribution in [0.3, 0.4) is 0 Å². The van der Waals surface area contributed by atoms with Gasteiger partial charge in [0.1, 0.15) is 4.99 Å². The fourth-order valence-corrected chi connectivity index (χ4v) is 5.36. The van der Waals surface area contributed by atoms with Crippen LogP contribution in [0.1, 0.15) is 5.56 Å². The van der Waals surface area contributed by atoms with Gasteiger partial charge in [0, 0.05) is 17.1 Å². The summed E-state index contributed by atoms with van der Waals surface area (Å²) in [6.45, 7) is 0. The molecule has 0 radical (unpaired) electrons. The molecule has 0 saturated heterocycles. The van der Waals surface area contributed by atoms with Gasteiger partial charge in [-0.05, 0) is 51.6 Å². The van der Waals surface area contributed by atoms with E-state index in [-0.39, 0.29) is 9.20 Å². The zero-order chi connectivity index (χ0) is 14.9. The Morgan fingerprint density at radius 2 is 1.90 bits per heavy atom. The predicted octanol–water partition coefficient (Wildman–Crippen LogP) is 2.97. The van der Waals surface area contributed by atoms with Crippen LogP contribution >= 0.6 is 39.5 Å². The summed E-state index contributed by atoms with van der Waals surface area (Å²) in [6, 6.07) is 8.46. The van der Waals surface area contributed by atoms with Crippen molar-refractivity contribution in [2.24, 2.45) is 5.73 Å². The predicted molar refractivity (Wildman–Crippen MR) is 89.9 cm³/mol. The summed E-state index contributed by atoms with van der Waals surface area (Å²) >= 11 is 9.28. The van der Waals surface area contributed by atoms with E-state index in [4.69, 9.17) is 18.0 Å². The SMILES string of the molecule is CN(c1ccc(C(N)=S)cc1)S(=O)(=O)c1sccc1Br. The molecule has 0 aliphatic heterocycles. The molecule has 4 nitrogen and oxygen atoms in total. The normalized spacial score (nSPS) is 11.3. The van der Waals surface area contributed by atoms with Gasteiger partial charge in [-0.15, -0.1) is 11.3 Å². The molecule has 0 amide bonds. The van der Waals surface area contributed by atoms with Gasteiger partial charge in [0.25, 0.3) is 10.0 Å². The third-order valence-electron chi connectivity index (χ3n) is 2.69. The first-order valence-electron chi connectivity index (χ1n) is 5.46. The summed E-state index contributed by atoms with van der Waals surface area (Å²) < 4.78 is 27.0. The summed E-state index contributed by atoms with van der Waals surface area (Å²) in [6.07, 6.45) is 0. The van der Waals surface area contributed by atoms with E-state index in [1.54, 1.807) is 35.7 Å². The Bertz CT molecular complexity index is 738. The number of benzene rings is 1.